The number of rotatable bonds is 4. The number of imidazole rings is 1. The van der Waals surface area contributed by atoms with E-state index in [1.54, 1.807) is 31.8 Å². The van der Waals surface area contributed by atoms with Crippen LogP contribution < -0.4 is 10.5 Å². The molecule has 2 N–H and O–H groups in total. The number of nitrogens with two attached hydrogens (primary N) is 1. The minimum atomic E-state index is 0.567. The van der Waals surface area contributed by atoms with Crippen molar-refractivity contribution in [3.8, 4) is 17.1 Å². The Morgan fingerprint density at radius 3 is 2.88 bits per heavy atom. The molecular formula is C12H14N4O. The Hall–Kier alpha value is -2.30. The molecule has 2 heterocycles. The molecule has 0 aliphatic heterocycles. The summed E-state index contributed by atoms with van der Waals surface area (Å²) in [5, 5.41) is 0. The van der Waals surface area contributed by atoms with E-state index in [1.165, 1.54) is 0 Å². The number of allylic oxidation sites excluding steroid dienone is 1. The number of aromatic nitrogens is 3. The first-order chi connectivity index (χ1) is 8.26. The predicted molar refractivity (Wildman–Crippen MR) is 66.6 cm³/mol. The molecule has 0 amide bonds. The molecule has 17 heavy (non-hydrogen) atoms. The third-order valence-electron chi connectivity index (χ3n) is 2.42. The molecule has 0 aliphatic rings. The summed E-state index contributed by atoms with van der Waals surface area (Å²) in [6, 6.07) is 3.66. The number of nitrogens with zero attached hydrogens (tertiary/aromatic N) is 3. The van der Waals surface area contributed by atoms with Crippen molar-refractivity contribution in [3.63, 3.8) is 0 Å². The van der Waals surface area contributed by atoms with Crippen LogP contribution in [0.1, 0.15) is 0 Å². The second-order valence-corrected chi connectivity index (χ2v) is 3.51. The molecule has 0 radical (unpaired) electrons. The molecule has 0 unspecified atom stereocenters. The monoisotopic (exact) mass is 230 g/mol. The highest BCUT2D eigenvalue weighted by atomic mass is 16.5. The normalized spacial score (nSPS) is 10.2. The summed E-state index contributed by atoms with van der Waals surface area (Å²) in [6.07, 6.45) is 5.15. The summed E-state index contributed by atoms with van der Waals surface area (Å²) in [6.45, 7) is 4.31. The molecule has 0 aromatic carbocycles. The molecule has 88 valence electrons. The zero-order valence-corrected chi connectivity index (χ0v) is 9.63. The number of methoxy groups -OCH3 is 1. The lowest BCUT2D eigenvalue weighted by molar-refractivity contribution is 0.398. The fraction of sp³-hybridized carbons (Fsp3) is 0.167. The number of anilines is 1. The van der Waals surface area contributed by atoms with Gasteiger partial charge in [0.05, 0.1) is 13.4 Å². The average Bonchev–Trinajstić information content (AvgIpc) is 2.72. The van der Waals surface area contributed by atoms with Gasteiger partial charge >= 0.3 is 0 Å². The first kappa shape index (κ1) is 11.2. The second kappa shape index (κ2) is 4.69. The van der Waals surface area contributed by atoms with Gasteiger partial charge in [-0.1, -0.05) is 6.08 Å². The van der Waals surface area contributed by atoms with Crippen LogP contribution in [0.2, 0.25) is 0 Å². The van der Waals surface area contributed by atoms with Crippen molar-refractivity contribution in [2.45, 2.75) is 6.54 Å². The second-order valence-electron chi connectivity index (χ2n) is 3.51. The summed E-state index contributed by atoms with van der Waals surface area (Å²) in [7, 11) is 1.58. The molecule has 5 nitrogen and oxygen atoms in total. The summed E-state index contributed by atoms with van der Waals surface area (Å²) in [5.41, 5.74) is 7.58. The van der Waals surface area contributed by atoms with Crippen LogP contribution in [0.5, 0.6) is 5.88 Å². The van der Waals surface area contributed by atoms with Crippen molar-refractivity contribution < 1.29 is 4.74 Å². The summed E-state index contributed by atoms with van der Waals surface area (Å²) >= 11 is 0. The Morgan fingerprint density at radius 1 is 1.47 bits per heavy atom. The van der Waals surface area contributed by atoms with Gasteiger partial charge in [0, 0.05) is 24.4 Å². The molecule has 0 aliphatic carbocycles. The smallest absolute Gasteiger partial charge is 0.212 e. The van der Waals surface area contributed by atoms with E-state index in [9.17, 15) is 0 Å². The van der Waals surface area contributed by atoms with Crippen molar-refractivity contribution in [3.05, 3.63) is 37.3 Å². The maximum absolute atomic E-state index is 5.99. The number of hydrogen-bond donors (Lipinski definition) is 1. The van der Waals surface area contributed by atoms with Crippen LogP contribution in [-0.2, 0) is 6.54 Å². The number of ether oxygens (including phenoxy) is 1. The Kier molecular flexibility index (Phi) is 3.09. The van der Waals surface area contributed by atoms with Crippen molar-refractivity contribution >= 4 is 5.82 Å². The average molecular weight is 230 g/mol. The van der Waals surface area contributed by atoms with E-state index in [2.05, 4.69) is 16.5 Å². The Balaban J connectivity index is 2.35. The third-order valence-corrected chi connectivity index (χ3v) is 2.42. The Morgan fingerprint density at radius 2 is 2.29 bits per heavy atom. The number of pyridine rings is 1. The highest BCUT2D eigenvalue weighted by Gasteiger charge is 2.09. The van der Waals surface area contributed by atoms with Gasteiger partial charge in [-0.3, -0.25) is 0 Å². The molecule has 0 fully saturated rings. The van der Waals surface area contributed by atoms with Crippen LogP contribution in [0.25, 0.3) is 11.3 Å². The minimum absolute atomic E-state index is 0.567. The molecule has 0 atom stereocenters. The van der Waals surface area contributed by atoms with Gasteiger partial charge in [-0.05, 0) is 6.07 Å². The molecule has 0 spiro atoms. The molecule has 5 heteroatoms. The summed E-state index contributed by atoms with van der Waals surface area (Å²) < 4.78 is 6.82. The molecule has 2 aromatic rings. The van der Waals surface area contributed by atoms with Crippen LogP contribution >= 0.6 is 0 Å². The third kappa shape index (κ3) is 2.13. The maximum Gasteiger partial charge on any atom is 0.212 e. The van der Waals surface area contributed by atoms with Crippen molar-refractivity contribution in [1.29, 1.82) is 0 Å². The zero-order valence-electron chi connectivity index (χ0n) is 9.63. The van der Waals surface area contributed by atoms with E-state index < -0.39 is 0 Å². The van der Waals surface area contributed by atoms with Crippen LogP contribution in [-0.4, -0.2) is 21.6 Å². The molecular weight excluding hydrogens is 216 g/mol. The van der Waals surface area contributed by atoms with E-state index in [4.69, 9.17) is 10.5 Å². The van der Waals surface area contributed by atoms with Crippen LogP contribution in [0.15, 0.2) is 37.3 Å². The highest BCUT2D eigenvalue weighted by Crippen LogP contribution is 2.24. The lowest BCUT2D eigenvalue weighted by Gasteiger charge is -2.03. The lowest BCUT2D eigenvalue weighted by atomic mass is 10.2. The summed E-state index contributed by atoms with van der Waals surface area (Å²) in [5.74, 6) is 1.18. The van der Waals surface area contributed by atoms with Crippen molar-refractivity contribution in [2.75, 3.05) is 12.8 Å². The van der Waals surface area contributed by atoms with Gasteiger partial charge in [-0.15, -0.1) is 6.58 Å². The zero-order chi connectivity index (χ0) is 12.3. The Labute approximate surface area is 99.6 Å². The Bertz CT molecular complexity index is 516. The highest BCUT2D eigenvalue weighted by molar-refractivity contribution is 5.69. The first-order valence-electron chi connectivity index (χ1n) is 5.18. The van der Waals surface area contributed by atoms with E-state index in [1.807, 2.05) is 10.6 Å². The van der Waals surface area contributed by atoms with Gasteiger partial charge < -0.3 is 15.0 Å². The van der Waals surface area contributed by atoms with Gasteiger partial charge in [0.15, 0.2) is 0 Å². The van der Waals surface area contributed by atoms with Gasteiger partial charge in [0.25, 0.3) is 0 Å². The predicted octanol–water partition coefficient (Wildman–Crippen LogP) is 1.72. The topological polar surface area (TPSA) is 66.0 Å². The number of hydrogen-bond acceptors (Lipinski definition) is 4. The van der Waals surface area contributed by atoms with E-state index in [0.717, 1.165) is 11.3 Å². The minimum Gasteiger partial charge on any atom is -0.481 e. The SMILES string of the molecule is C=CCn1cnc(-c2ccc(OC)nc2)c1N. The number of nitrogen functional groups attached to an aromatic ring is 1. The largest absolute Gasteiger partial charge is 0.481 e. The molecule has 0 saturated carbocycles. The fourth-order valence-electron chi connectivity index (χ4n) is 1.54. The van der Waals surface area contributed by atoms with E-state index >= 15 is 0 Å². The maximum atomic E-state index is 5.99. The van der Waals surface area contributed by atoms with Gasteiger partial charge in [-0.25, -0.2) is 9.97 Å². The first-order valence-corrected chi connectivity index (χ1v) is 5.18. The van der Waals surface area contributed by atoms with Gasteiger partial charge in [0.1, 0.15) is 11.5 Å². The lowest BCUT2D eigenvalue weighted by Crippen LogP contribution is -2.00. The molecule has 0 saturated heterocycles. The quantitative estimate of drug-likeness (QED) is 0.812. The van der Waals surface area contributed by atoms with Crippen LogP contribution in [0.3, 0.4) is 0 Å². The fourth-order valence-corrected chi connectivity index (χ4v) is 1.54. The van der Waals surface area contributed by atoms with E-state index in [-0.39, 0.29) is 0 Å². The standard InChI is InChI=1S/C12H14N4O/c1-3-6-16-8-15-11(12(16)13)9-4-5-10(17-2)14-7-9/h3-5,7-8H,1,6,13H2,2H3. The van der Waals surface area contributed by atoms with Crippen molar-refractivity contribution in [2.24, 2.45) is 0 Å². The molecule has 2 aromatic heterocycles. The van der Waals surface area contributed by atoms with Crippen LogP contribution in [0, 0.1) is 0 Å². The van der Waals surface area contributed by atoms with Crippen LogP contribution in [0.4, 0.5) is 5.82 Å². The molecule has 2 rings (SSSR count). The van der Waals surface area contributed by atoms with Crippen molar-refractivity contribution in [1.82, 2.24) is 14.5 Å². The van der Waals surface area contributed by atoms with E-state index in [0.29, 0.717) is 18.2 Å². The van der Waals surface area contributed by atoms with Gasteiger partial charge in [-0.2, -0.15) is 0 Å². The van der Waals surface area contributed by atoms with Gasteiger partial charge in [0.2, 0.25) is 5.88 Å². The molecule has 0 bridgehead atoms. The summed E-state index contributed by atoms with van der Waals surface area (Å²) in [4.78, 5) is 8.39.